The molecule has 6 unspecified atom stereocenters. The fraction of sp³-hybridized carbons (Fsp3) is 0.968. The maximum absolute atomic E-state index is 12.2. The lowest BCUT2D eigenvalue weighted by Crippen LogP contribution is -2.68. The van der Waals surface area contributed by atoms with Crippen LogP contribution in [-0.2, 0) is 27.5 Å². The summed E-state index contributed by atoms with van der Waals surface area (Å²) in [7, 11) is -6.83. The first-order chi connectivity index (χ1) is 18.2. The Labute approximate surface area is 261 Å². The molecule has 0 amide bonds. The van der Waals surface area contributed by atoms with Crippen LogP contribution < -0.4 is 0 Å². The van der Waals surface area contributed by atoms with Crippen molar-refractivity contribution in [2.75, 3.05) is 12.4 Å². The van der Waals surface area contributed by atoms with Crippen LogP contribution in [0.3, 0.4) is 0 Å². The number of hydrogen-bond donors (Lipinski definition) is 0. The lowest BCUT2D eigenvalue weighted by molar-refractivity contribution is -0.285. The summed E-state index contributed by atoms with van der Waals surface area (Å²) in [6.07, 6.45) is -1.16. The van der Waals surface area contributed by atoms with E-state index in [4.69, 9.17) is 22.8 Å². The summed E-state index contributed by atoms with van der Waals surface area (Å²) in [6.45, 7) is 40.6. The fourth-order valence-electron chi connectivity index (χ4n) is 3.68. The van der Waals surface area contributed by atoms with Crippen molar-refractivity contribution >= 4 is 41.8 Å². The second-order valence-electron chi connectivity index (χ2n) is 16.7. The minimum absolute atomic E-state index is 0.00705. The molecule has 0 aromatic rings. The molecule has 0 aliphatic carbocycles. The third kappa shape index (κ3) is 10.8. The van der Waals surface area contributed by atoms with Gasteiger partial charge in [0.15, 0.2) is 36.4 Å². The van der Waals surface area contributed by atoms with E-state index in [2.05, 4.69) is 115 Å². The Hall–Kier alpha value is 0.471. The SMILES string of the molecule is CCC(C)COC1OC(CSC(C)=O)C(O[Si](C)(C)C(C)(C)C)C(O[Si](C)(C)C(C)(C)C)C1O[Si](C)(C)C(C)(C)C. The number of ether oxygens (including phenoxy) is 2. The average molecular weight is 651 g/mol. The predicted molar refractivity (Wildman–Crippen MR) is 183 cm³/mol. The van der Waals surface area contributed by atoms with E-state index >= 15 is 0 Å². The highest BCUT2D eigenvalue weighted by Crippen LogP contribution is 2.46. The lowest BCUT2D eigenvalue weighted by Gasteiger charge is -2.54. The number of rotatable bonds is 12. The normalized spacial score (nSPS) is 26.2. The van der Waals surface area contributed by atoms with Gasteiger partial charge in [-0.3, -0.25) is 4.79 Å². The summed E-state index contributed by atoms with van der Waals surface area (Å²) >= 11 is 1.29. The van der Waals surface area contributed by atoms with Crippen molar-refractivity contribution in [2.24, 2.45) is 5.92 Å². The Morgan fingerprint density at radius 2 is 1.15 bits per heavy atom. The van der Waals surface area contributed by atoms with Gasteiger partial charge in [0.05, 0.1) is 18.8 Å². The fourth-order valence-corrected chi connectivity index (χ4v) is 8.24. The van der Waals surface area contributed by atoms with Crippen molar-refractivity contribution < 1.29 is 27.5 Å². The van der Waals surface area contributed by atoms with Crippen molar-refractivity contribution in [1.29, 1.82) is 0 Å². The van der Waals surface area contributed by atoms with Crippen LogP contribution in [0.2, 0.25) is 54.4 Å². The molecule has 0 bridgehead atoms. The molecule has 0 N–H and O–H groups in total. The van der Waals surface area contributed by atoms with Crippen molar-refractivity contribution in [3.8, 4) is 0 Å². The molecule has 1 rings (SSSR count). The molecule has 0 saturated carbocycles. The van der Waals surface area contributed by atoms with Gasteiger partial charge in [0, 0.05) is 12.7 Å². The van der Waals surface area contributed by atoms with Gasteiger partial charge in [-0.2, -0.15) is 0 Å². The van der Waals surface area contributed by atoms with Crippen LogP contribution in [0.4, 0.5) is 0 Å². The molecule has 10 heteroatoms. The number of carbonyl (C=O) groups is 1. The summed E-state index contributed by atoms with van der Waals surface area (Å²) in [6, 6.07) is 0. The standard InChI is InChI=1S/C31H66O6SSi3/c1-19-22(2)20-33-28-27(37-41(17,18)31(10,11)12)26(36-40(15,16)30(7,8)9)25(24(34-28)21-38-23(3)32)35-39(13,14)29(4,5)6/h22,24-28H,19-21H2,1-18H3. The van der Waals surface area contributed by atoms with Gasteiger partial charge >= 0.3 is 0 Å². The van der Waals surface area contributed by atoms with E-state index < -0.39 is 37.3 Å². The molecule has 0 aromatic heterocycles. The van der Waals surface area contributed by atoms with E-state index in [9.17, 15) is 4.79 Å². The van der Waals surface area contributed by atoms with Crippen molar-refractivity contribution in [1.82, 2.24) is 0 Å². The topological polar surface area (TPSA) is 63.2 Å². The van der Waals surface area contributed by atoms with Gasteiger partial charge in [0.1, 0.15) is 12.2 Å². The van der Waals surface area contributed by atoms with Crippen LogP contribution in [-0.4, -0.2) is 73.1 Å². The van der Waals surface area contributed by atoms with Crippen LogP contribution >= 0.6 is 11.8 Å². The monoisotopic (exact) mass is 650 g/mol. The third-order valence-electron chi connectivity index (χ3n) is 9.99. The second-order valence-corrected chi connectivity index (χ2v) is 32.2. The van der Waals surface area contributed by atoms with Gasteiger partial charge in [-0.15, -0.1) is 0 Å². The first-order valence-corrected chi connectivity index (χ1v) is 25.3. The van der Waals surface area contributed by atoms with Gasteiger partial charge in [-0.05, 0) is 60.3 Å². The molecule has 6 nitrogen and oxygen atoms in total. The maximum atomic E-state index is 12.2. The summed E-state index contributed by atoms with van der Waals surface area (Å²) in [4.78, 5) is 12.2. The third-order valence-corrected chi connectivity index (χ3v) is 24.3. The highest BCUT2D eigenvalue weighted by molar-refractivity contribution is 8.13. The smallest absolute Gasteiger partial charge is 0.192 e. The van der Waals surface area contributed by atoms with Gasteiger partial charge in [0.25, 0.3) is 0 Å². The van der Waals surface area contributed by atoms with Crippen LogP contribution in [0.15, 0.2) is 0 Å². The number of carbonyl (C=O) groups excluding carboxylic acids is 1. The maximum Gasteiger partial charge on any atom is 0.192 e. The Morgan fingerprint density at radius 3 is 1.51 bits per heavy atom. The molecule has 0 aromatic carbocycles. The molecule has 0 spiro atoms. The van der Waals surface area contributed by atoms with E-state index in [1.807, 2.05) is 0 Å². The largest absolute Gasteiger partial charge is 0.409 e. The molecule has 1 aliphatic rings. The second kappa shape index (κ2) is 14.3. The molecular formula is C31H66O6SSi3. The zero-order valence-electron chi connectivity index (χ0n) is 29.9. The van der Waals surface area contributed by atoms with E-state index in [0.717, 1.165) is 6.42 Å². The van der Waals surface area contributed by atoms with Crippen LogP contribution in [0.5, 0.6) is 0 Å². The van der Waals surface area contributed by atoms with Crippen LogP contribution in [0.25, 0.3) is 0 Å². The van der Waals surface area contributed by atoms with E-state index in [0.29, 0.717) is 18.3 Å². The molecule has 1 saturated heterocycles. The van der Waals surface area contributed by atoms with Crippen molar-refractivity contribution in [3.63, 3.8) is 0 Å². The number of hydrogen-bond acceptors (Lipinski definition) is 7. The van der Waals surface area contributed by atoms with Gasteiger partial charge < -0.3 is 22.8 Å². The van der Waals surface area contributed by atoms with Gasteiger partial charge in [0.2, 0.25) is 0 Å². The Morgan fingerprint density at radius 1 is 0.756 bits per heavy atom. The molecule has 1 fully saturated rings. The Bertz CT molecular complexity index is 844. The van der Waals surface area contributed by atoms with Crippen molar-refractivity contribution in [3.05, 3.63) is 0 Å². The first kappa shape index (κ1) is 39.5. The zero-order chi connectivity index (χ0) is 32.4. The lowest BCUT2D eigenvalue weighted by atomic mass is 10.00. The molecule has 1 heterocycles. The average Bonchev–Trinajstić information content (AvgIpc) is 2.76. The molecular weight excluding hydrogens is 585 g/mol. The van der Waals surface area contributed by atoms with Gasteiger partial charge in [-0.1, -0.05) is 94.3 Å². The summed E-state index contributed by atoms with van der Waals surface area (Å²) in [5, 5.41) is 0.0445. The summed E-state index contributed by atoms with van der Waals surface area (Å²) in [5.74, 6) is 0.875. The molecule has 1 aliphatic heterocycles. The van der Waals surface area contributed by atoms with E-state index in [1.165, 1.54) is 11.8 Å². The zero-order valence-corrected chi connectivity index (χ0v) is 33.8. The van der Waals surface area contributed by atoms with Crippen LogP contribution in [0, 0.1) is 5.92 Å². The van der Waals surface area contributed by atoms with Crippen LogP contribution in [0.1, 0.15) is 89.5 Å². The van der Waals surface area contributed by atoms with E-state index in [1.54, 1.807) is 6.92 Å². The predicted octanol–water partition coefficient (Wildman–Crippen LogP) is 9.22. The Kier molecular flexibility index (Phi) is 13.7. The van der Waals surface area contributed by atoms with Gasteiger partial charge in [-0.25, -0.2) is 0 Å². The minimum Gasteiger partial charge on any atom is -0.409 e. The highest BCUT2D eigenvalue weighted by atomic mass is 32.2. The number of thioether (sulfide) groups is 1. The molecule has 41 heavy (non-hydrogen) atoms. The molecule has 0 radical (unpaired) electrons. The molecule has 244 valence electrons. The Balaban J connectivity index is 3.87. The minimum atomic E-state index is -2.29. The summed E-state index contributed by atoms with van der Waals surface area (Å²) < 4.78 is 35.3. The van der Waals surface area contributed by atoms with E-state index in [-0.39, 0.29) is 38.5 Å². The van der Waals surface area contributed by atoms with Crippen molar-refractivity contribution in [2.45, 2.75) is 175 Å². The first-order valence-electron chi connectivity index (χ1n) is 15.6. The summed E-state index contributed by atoms with van der Waals surface area (Å²) in [5.41, 5.74) is 0. The quantitative estimate of drug-likeness (QED) is 0.195. The highest BCUT2D eigenvalue weighted by Gasteiger charge is 2.56. The molecule has 6 atom stereocenters.